The fourth-order valence-electron chi connectivity index (χ4n) is 1.82. The van der Waals surface area contributed by atoms with Gasteiger partial charge in [0.05, 0.1) is 13.7 Å². The van der Waals surface area contributed by atoms with Crippen molar-refractivity contribution >= 4 is 12.1 Å². The van der Waals surface area contributed by atoms with E-state index < -0.39 is 12.1 Å². The minimum Gasteiger partial charge on any atom is -0.491 e. The van der Waals surface area contributed by atoms with E-state index in [2.05, 4.69) is 17.2 Å². The van der Waals surface area contributed by atoms with Crippen molar-refractivity contribution in [2.75, 3.05) is 20.3 Å². The van der Waals surface area contributed by atoms with E-state index in [9.17, 15) is 9.59 Å². The molecule has 0 unspecified atom stereocenters. The van der Waals surface area contributed by atoms with Gasteiger partial charge in [-0.25, -0.2) is 9.78 Å². The van der Waals surface area contributed by atoms with Crippen LogP contribution in [0.15, 0.2) is 18.3 Å². The second-order valence-corrected chi connectivity index (χ2v) is 4.89. The number of rotatable bonds is 10. The van der Waals surface area contributed by atoms with Gasteiger partial charge in [-0.05, 0) is 18.6 Å². The Morgan fingerprint density at radius 2 is 2.00 bits per heavy atom. The van der Waals surface area contributed by atoms with Crippen LogP contribution in [0.25, 0.3) is 0 Å². The number of ether oxygens (including phenoxy) is 3. The smallest absolute Gasteiger partial charge is 0.414 e. The molecule has 1 N–H and O–H groups in total. The molecule has 0 atom stereocenters. The molecular weight excluding hydrogens is 300 g/mol. The Labute approximate surface area is 136 Å². The summed E-state index contributed by atoms with van der Waals surface area (Å²) in [7, 11) is 1.44. The van der Waals surface area contributed by atoms with Crippen LogP contribution in [0.1, 0.15) is 39.0 Å². The molecule has 7 heteroatoms. The van der Waals surface area contributed by atoms with Crippen LogP contribution in [0.3, 0.4) is 0 Å². The van der Waals surface area contributed by atoms with Crippen molar-refractivity contribution in [3.8, 4) is 11.6 Å². The zero-order valence-electron chi connectivity index (χ0n) is 13.7. The average Bonchev–Trinajstić information content (AvgIpc) is 2.56. The Balaban J connectivity index is 2.19. The van der Waals surface area contributed by atoms with Crippen LogP contribution in [0.2, 0.25) is 0 Å². The van der Waals surface area contributed by atoms with Gasteiger partial charge in [0.15, 0.2) is 5.75 Å². The SMILES string of the molecule is CCCCCCCOC(=O)CNC(=O)Oc1ncccc1OC. The van der Waals surface area contributed by atoms with Crippen LogP contribution in [0.5, 0.6) is 11.6 Å². The topological polar surface area (TPSA) is 86.8 Å². The number of nitrogens with one attached hydrogen (secondary N) is 1. The summed E-state index contributed by atoms with van der Waals surface area (Å²) >= 11 is 0. The molecule has 0 radical (unpaired) electrons. The number of hydrogen-bond donors (Lipinski definition) is 1. The first-order valence-corrected chi connectivity index (χ1v) is 7.77. The number of carbonyl (C=O) groups is 2. The summed E-state index contributed by atoms with van der Waals surface area (Å²) in [5, 5.41) is 2.31. The number of aromatic nitrogens is 1. The molecule has 1 aromatic rings. The standard InChI is InChI=1S/C16H24N2O5/c1-3-4-5-6-7-11-22-14(19)12-18-16(20)23-15-13(21-2)9-8-10-17-15/h8-10H,3-7,11-12H2,1-2H3,(H,18,20). The Morgan fingerprint density at radius 3 is 2.74 bits per heavy atom. The molecule has 0 aliphatic heterocycles. The van der Waals surface area contributed by atoms with Crippen LogP contribution in [-0.4, -0.2) is 37.3 Å². The summed E-state index contributed by atoms with van der Waals surface area (Å²) in [5.74, 6) is -0.125. The van der Waals surface area contributed by atoms with Crippen molar-refractivity contribution in [3.63, 3.8) is 0 Å². The lowest BCUT2D eigenvalue weighted by molar-refractivity contribution is -0.142. The minimum absolute atomic E-state index is 0.0387. The van der Waals surface area contributed by atoms with Gasteiger partial charge in [-0.1, -0.05) is 32.6 Å². The first-order valence-electron chi connectivity index (χ1n) is 7.77. The van der Waals surface area contributed by atoms with Crippen LogP contribution in [-0.2, 0) is 9.53 Å². The maximum atomic E-state index is 11.6. The van der Waals surface area contributed by atoms with E-state index >= 15 is 0 Å². The van der Waals surface area contributed by atoms with Gasteiger partial charge < -0.3 is 19.5 Å². The van der Waals surface area contributed by atoms with Gasteiger partial charge >= 0.3 is 12.1 Å². The highest BCUT2D eigenvalue weighted by Gasteiger charge is 2.12. The molecule has 1 heterocycles. The van der Waals surface area contributed by atoms with E-state index in [1.807, 2.05) is 0 Å². The van der Waals surface area contributed by atoms with E-state index in [4.69, 9.17) is 14.2 Å². The van der Waals surface area contributed by atoms with Crippen molar-refractivity contribution in [3.05, 3.63) is 18.3 Å². The number of nitrogens with zero attached hydrogens (tertiary/aromatic N) is 1. The predicted molar refractivity (Wildman–Crippen MR) is 84.5 cm³/mol. The van der Waals surface area contributed by atoms with E-state index in [0.717, 1.165) is 19.3 Å². The molecule has 1 amide bonds. The van der Waals surface area contributed by atoms with Gasteiger partial charge in [0, 0.05) is 6.20 Å². The first kappa shape index (κ1) is 18.7. The summed E-state index contributed by atoms with van der Waals surface area (Å²) in [6.45, 7) is 2.27. The Hall–Kier alpha value is -2.31. The summed E-state index contributed by atoms with van der Waals surface area (Å²) in [4.78, 5) is 27.0. The fourth-order valence-corrected chi connectivity index (χ4v) is 1.82. The second kappa shape index (κ2) is 11.3. The molecule has 0 aliphatic carbocycles. The molecule has 0 aliphatic rings. The lowest BCUT2D eigenvalue weighted by Gasteiger charge is -2.08. The molecule has 0 saturated heterocycles. The maximum Gasteiger partial charge on any atom is 0.414 e. The number of amides is 1. The summed E-state index contributed by atoms with van der Waals surface area (Å²) < 4.78 is 15.0. The van der Waals surface area contributed by atoms with Crippen LogP contribution in [0.4, 0.5) is 4.79 Å². The number of hydrogen-bond acceptors (Lipinski definition) is 6. The molecule has 0 bridgehead atoms. The molecule has 1 aromatic heterocycles. The van der Waals surface area contributed by atoms with Crippen molar-refractivity contribution in [1.82, 2.24) is 10.3 Å². The molecule has 128 valence electrons. The first-order chi connectivity index (χ1) is 11.2. The van der Waals surface area contributed by atoms with Crippen LogP contribution < -0.4 is 14.8 Å². The zero-order valence-corrected chi connectivity index (χ0v) is 13.7. The average molecular weight is 324 g/mol. The highest BCUT2D eigenvalue weighted by molar-refractivity contribution is 5.78. The maximum absolute atomic E-state index is 11.6. The molecule has 1 rings (SSSR count). The van der Waals surface area contributed by atoms with Crippen molar-refractivity contribution in [2.24, 2.45) is 0 Å². The zero-order chi connectivity index (χ0) is 16.9. The van der Waals surface area contributed by atoms with Crippen molar-refractivity contribution in [1.29, 1.82) is 0 Å². The molecule has 0 spiro atoms. The van der Waals surface area contributed by atoms with E-state index in [1.54, 1.807) is 12.1 Å². The molecule has 7 nitrogen and oxygen atoms in total. The van der Waals surface area contributed by atoms with Gasteiger partial charge in [-0.15, -0.1) is 0 Å². The molecule has 0 saturated carbocycles. The van der Waals surface area contributed by atoms with Gasteiger partial charge in [0.2, 0.25) is 0 Å². The lowest BCUT2D eigenvalue weighted by Crippen LogP contribution is -2.33. The number of carbonyl (C=O) groups excluding carboxylic acids is 2. The van der Waals surface area contributed by atoms with E-state index in [0.29, 0.717) is 12.4 Å². The molecule has 0 fully saturated rings. The number of methoxy groups -OCH3 is 1. The summed E-state index contributed by atoms with van der Waals surface area (Å²) in [6, 6.07) is 3.27. The quantitative estimate of drug-likeness (QED) is 0.526. The van der Waals surface area contributed by atoms with E-state index in [-0.39, 0.29) is 12.4 Å². The van der Waals surface area contributed by atoms with Gasteiger partial charge in [-0.3, -0.25) is 4.79 Å². The Morgan fingerprint density at radius 1 is 1.22 bits per heavy atom. The third-order valence-corrected chi connectivity index (χ3v) is 3.03. The monoisotopic (exact) mass is 324 g/mol. The largest absolute Gasteiger partial charge is 0.491 e. The van der Waals surface area contributed by atoms with Crippen LogP contribution >= 0.6 is 0 Å². The third-order valence-electron chi connectivity index (χ3n) is 3.03. The van der Waals surface area contributed by atoms with Crippen LogP contribution in [0, 0.1) is 0 Å². The summed E-state index contributed by atoms with van der Waals surface area (Å²) in [5.41, 5.74) is 0. The summed E-state index contributed by atoms with van der Waals surface area (Å²) in [6.07, 6.45) is 6.06. The molecule has 0 aromatic carbocycles. The Kier molecular flexibility index (Phi) is 9.19. The predicted octanol–water partition coefficient (Wildman–Crippen LogP) is 2.69. The minimum atomic E-state index is -0.790. The van der Waals surface area contributed by atoms with Crippen molar-refractivity contribution < 1.29 is 23.8 Å². The van der Waals surface area contributed by atoms with Gasteiger partial charge in [-0.2, -0.15) is 0 Å². The highest BCUT2D eigenvalue weighted by Crippen LogP contribution is 2.22. The third kappa shape index (κ3) is 8.04. The number of unbranched alkanes of at least 4 members (excludes halogenated alkanes) is 4. The van der Waals surface area contributed by atoms with Crippen molar-refractivity contribution in [2.45, 2.75) is 39.0 Å². The fraction of sp³-hybridized carbons (Fsp3) is 0.562. The van der Waals surface area contributed by atoms with Gasteiger partial charge in [0.25, 0.3) is 5.88 Å². The molecular formula is C16H24N2O5. The number of esters is 1. The van der Waals surface area contributed by atoms with Gasteiger partial charge in [0.1, 0.15) is 6.54 Å². The lowest BCUT2D eigenvalue weighted by atomic mass is 10.2. The highest BCUT2D eigenvalue weighted by atomic mass is 16.6. The van der Waals surface area contributed by atoms with E-state index in [1.165, 1.54) is 26.1 Å². The normalized spacial score (nSPS) is 10.0. The Bertz CT molecular complexity index is 493. The second-order valence-electron chi connectivity index (χ2n) is 4.89. The number of pyridine rings is 1. The molecule has 23 heavy (non-hydrogen) atoms.